The van der Waals surface area contributed by atoms with E-state index >= 15 is 0 Å². The molecule has 0 amide bonds. The lowest BCUT2D eigenvalue weighted by atomic mass is 10.2. The molecule has 0 N–H and O–H groups in total. The van der Waals surface area contributed by atoms with Crippen molar-refractivity contribution in [1.82, 2.24) is 9.97 Å². The summed E-state index contributed by atoms with van der Waals surface area (Å²) in [6.45, 7) is 2.07. The summed E-state index contributed by atoms with van der Waals surface area (Å²) in [6.07, 6.45) is 2.62. The van der Waals surface area contributed by atoms with E-state index in [1.165, 1.54) is 0 Å². The molecule has 3 nitrogen and oxygen atoms in total. The van der Waals surface area contributed by atoms with E-state index in [2.05, 4.69) is 32.8 Å². The Kier molecular flexibility index (Phi) is 2.86. The summed E-state index contributed by atoms with van der Waals surface area (Å²) >= 11 is 3.50. The summed E-state index contributed by atoms with van der Waals surface area (Å²) in [6, 6.07) is 3.95. The standard InChI is InChI=1S/C11H11BrN2O/c1-3-7-6-8-9(12)4-5-13-10(8)11(14-7)15-2/h4-6H,3H2,1-2H3. The monoisotopic (exact) mass is 266 g/mol. The van der Waals surface area contributed by atoms with Gasteiger partial charge in [0.25, 0.3) is 0 Å². The number of hydrogen-bond donors (Lipinski definition) is 0. The van der Waals surface area contributed by atoms with Gasteiger partial charge in [-0.25, -0.2) is 4.98 Å². The number of pyridine rings is 2. The highest BCUT2D eigenvalue weighted by atomic mass is 79.9. The van der Waals surface area contributed by atoms with Crippen LogP contribution in [0, 0.1) is 0 Å². The summed E-state index contributed by atoms with van der Waals surface area (Å²) in [5, 5.41) is 1.04. The van der Waals surface area contributed by atoms with Gasteiger partial charge in [0.15, 0.2) is 0 Å². The van der Waals surface area contributed by atoms with E-state index in [4.69, 9.17) is 4.74 Å². The fraction of sp³-hybridized carbons (Fsp3) is 0.273. The Morgan fingerprint density at radius 1 is 1.47 bits per heavy atom. The van der Waals surface area contributed by atoms with Crippen molar-refractivity contribution in [2.24, 2.45) is 0 Å². The molecule has 0 aliphatic rings. The minimum absolute atomic E-state index is 0.589. The van der Waals surface area contributed by atoms with Crippen LogP contribution in [0.25, 0.3) is 10.9 Å². The first-order valence-electron chi connectivity index (χ1n) is 4.74. The molecular formula is C11H11BrN2O. The third-order valence-corrected chi connectivity index (χ3v) is 2.94. The van der Waals surface area contributed by atoms with Gasteiger partial charge in [-0.2, -0.15) is 0 Å². The largest absolute Gasteiger partial charge is 0.479 e. The number of fused-ring (bicyclic) bond motifs is 1. The summed E-state index contributed by atoms with van der Waals surface area (Å²) < 4.78 is 6.25. The minimum Gasteiger partial charge on any atom is -0.479 e. The highest BCUT2D eigenvalue weighted by molar-refractivity contribution is 9.10. The first-order valence-corrected chi connectivity index (χ1v) is 5.53. The molecule has 0 saturated heterocycles. The van der Waals surface area contributed by atoms with Crippen LogP contribution >= 0.6 is 15.9 Å². The van der Waals surface area contributed by atoms with Gasteiger partial charge >= 0.3 is 0 Å². The fourth-order valence-corrected chi connectivity index (χ4v) is 1.88. The van der Waals surface area contributed by atoms with Crippen molar-refractivity contribution < 1.29 is 4.74 Å². The SMILES string of the molecule is CCc1cc2c(Br)ccnc2c(OC)n1. The Morgan fingerprint density at radius 2 is 2.27 bits per heavy atom. The van der Waals surface area contributed by atoms with Gasteiger partial charge < -0.3 is 4.74 Å². The lowest BCUT2D eigenvalue weighted by Crippen LogP contribution is -1.96. The predicted molar refractivity (Wildman–Crippen MR) is 63.2 cm³/mol. The maximum atomic E-state index is 5.23. The second kappa shape index (κ2) is 4.14. The van der Waals surface area contributed by atoms with Crippen LogP contribution in [0.1, 0.15) is 12.6 Å². The fourth-order valence-electron chi connectivity index (χ4n) is 1.46. The zero-order valence-corrected chi connectivity index (χ0v) is 10.2. The number of aromatic nitrogens is 2. The maximum absolute atomic E-state index is 5.23. The van der Waals surface area contributed by atoms with Crippen LogP contribution in [-0.4, -0.2) is 17.1 Å². The third kappa shape index (κ3) is 1.81. The summed E-state index contributed by atoms with van der Waals surface area (Å²) in [7, 11) is 1.61. The number of aryl methyl sites for hydroxylation is 1. The molecule has 0 fully saturated rings. The smallest absolute Gasteiger partial charge is 0.240 e. The molecule has 2 heterocycles. The molecule has 4 heteroatoms. The number of ether oxygens (including phenoxy) is 1. The Balaban J connectivity index is 2.80. The van der Waals surface area contributed by atoms with E-state index in [9.17, 15) is 0 Å². The van der Waals surface area contributed by atoms with Crippen LogP contribution in [0.4, 0.5) is 0 Å². The Bertz CT molecular complexity index is 499. The second-order valence-electron chi connectivity index (χ2n) is 3.17. The molecule has 78 valence electrons. The zero-order chi connectivity index (χ0) is 10.8. The van der Waals surface area contributed by atoms with E-state index in [-0.39, 0.29) is 0 Å². The van der Waals surface area contributed by atoms with Gasteiger partial charge in [-0.1, -0.05) is 22.9 Å². The summed E-state index contributed by atoms with van der Waals surface area (Å²) in [5.74, 6) is 0.589. The van der Waals surface area contributed by atoms with Crippen molar-refractivity contribution >= 4 is 26.8 Å². The van der Waals surface area contributed by atoms with Crippen molar-refractivity contribution in [2.75, 3.05) is 7.11 Å². The number of methoxy groups -OCH3 is 1. The highest BCUT2D eigenvalue weighted by Crippen LogP contribution is 2.28. The van der Waals surface area contributed by atoms with Crippen molar-refractivity contribution in [1.29, 1.82) is 0 Å². The first-order chi connectivity index (χ1) is 7.26. The minimum atomic E-state index is 0.589. The summed E-state index contributed by atoms with van der Waals surface area (Å²) in [4.78, 5) is 8.64. The van der Waals surface area contributed by atoms with E-state index in [1.54, 1.807) is 13.3 Å². The molecule has 0 bridgehead atoms. The van der Waals surface area contributed by atoms with Gasteiger partial charge in [-0.05, 0) is 18.6 Å². The van der Waals surface area contributed by atoms with Gasteiger partial charge in [0, 0.05) is 21.7 Å². The normalized spacial score (nSPS) is 10.6. The average molecular weight is 267 g/mol. The number of halogens is 1. The average Bonchev–Trinajstić information content (AvgIpc) is 2.28. The van der Waals surface area contributed by atoms with E-state index in [1.807, 2.05) is 12.1 Å². The Hall–Kier alpha value is -1.16. The molecular weight excluding hydrogens is 256 g/mol. The van der Waals surface area contributed by atoms with Crippen LogP contribution < -0.4 is 4.74 Å². The topological polar surface area (TPSA) is 35.0 Å². The molecule has 0 spiro atoms. The molecule has 0 atom stereocenters. The van der Waals surface area contributed by atoms with Crippen molar-refractivity contribution in [3.8, 4) is 5.88 Å². The molecule has 0 aromatic carbocycles. The van der Waals surface area contributed by atoms with Crippen LogP contribution in [0.3, 0.4) is 0 Å². The van der Waals surface area contributed by atoms with Gasteiger partial charge in [0.2, 0.25) is 5.88 Å². The van der Waals surface area contributed by atoms with Crippen LogP contribution in [-0.2, 0) is 6.42 Å². The first kappa shape index (κ1) is 10.4. The molecule has 0 radical (unpaired) electrons. The second-order valence-corrected chi connectivity index (χ2v) is 4.02. The highest BCUT2D eigenvalue weighted by Gasteiger charge is 2.08. The van der Waals surface area contributed by atoms with Gasteiger partial charge in [-0.3, -0.25) is 4.98 Å². The van der Waals surface area contributed by atoms with Crippen LogP contribution in [0.2, 0.25) is 0 Å². The van der Waals surface area contributed by atoms with E-state index in [0.717, 1.165) is 27.5 Å². The Morgan fingerprint density at radius 3 is 2.93 bits per heavy atom. The molecule has 2 aromatic rings. The maximum Gasteiger partial charge on any atom is 0.240 e. The van der Waals surface area contributed by atoms with E-state index in [0.29, 0.717) is 5.88 Å². The molecule has 2 rings (SSSR count). The molecule has 0 unspecified atom stereocenters. The van der Waals surface area contributed by atoms with Gasteiger partial charge in [0.1, 0.15) is 5.52 Å². The van der Waals surface area contributed by atoms with Crippen molar-refractivity contribution in [2.45, 2.75) is 13.3 Å². The molecule has 0 aliphatic heterocycles. The van der Waals surface area contributed by atoms with Gasteiger partial charge in [-0.15, -0.1) is 0 Å². The van der Waals surface area contributed by atoms with Crippen molar-refractivity contribution in [3.05, 3.63) is 28.5 Å². The number of nitrogens with zero attached hydrogens (tertiary/aromatic N) is 2. The molecule has 0 saturated carbocycles. The van der Waals surface area contributed by atoms with Crippen molar-refractivity contribution in [3.63, 3.8) is 0 Å². The lowest BCUT2D eigenvalue weighted by Gasteiger charge is -2.07. The quantitative estimate of drug-likeness (QED) is 0.839. The lowest BCUT2D eigenvalue weighted by molar-refractivity contribution is 0.401. The Labute approximate surface area is 96.6 Å². The zero-order valence-electron chi connectivity index (χ0n) is 8.62. The number of hydrogen-bond acceptors (Lipinski definition) is 3. The van der Waals surface area contributed by atoms with E-state index < -0.39 is 0 Å². The molecule has 15 heavy (non-hydrogen) atoms. The van der Waals surface area contributed by atoms with Crippen LogP contribution in [0.5, 0.6) is 5.88 Å². The third-order valence-electron chi connectivity index (χ3n) is 2.25. The predicted octanol–water partition coefficient (Wildman–Crippen LogP) is 2.96. The molecule has 2 aromatic heterocycles. The summed E-state index contributed by atoms with van der Waals surface area (Å²) in [5.41, 5.74) is 1.80. The van der Waals surface area contributed by atoms with Crippen LogP contribution in [0.15, 0.2) is 22.8 Å². The number of rotatable bonds is 2. The molecule has 0 aliphatic carbocycles. The van der Waals surface area contributed by atoms with Gasteiger partial charge in [0.05, 0.1) is 7.11 Å².